The van der Waals surface area contributed by atoms with Gasteiger partial charge in [0, 0.05) is 18.8 Å². The second-order valence-electron chi connectivity index (χ2n) is 4.04. The summed E-state index contributed by atoms with van der Waals surface area (Å²) < 4.78 is 2.12. The van der Waals surface area contributed by atoms with Crippen LogP contribution in [0.15, 0.2) is 37.2 Å². The highest BCUT2D eigenvalue weighted by Crippen LogP contribution is 2.10. The Morgan fingerprint density at radius 3 is 3.19 bits per heavy atom. The SMILES string of the molecule is C=CC(C)NCc1cnc2c(C)cccn12. The van der Waals surface area contributed by atoms with Crippen molar-refractivity contribution in [2.45, 2.75) is 26.4 Å². The molecule has 1 N–H and O–H groups in total. The Bertz CT molecular complexity index is 499. The van der Waals surface area contributed by atoms with Crippen molar-refractivity contribution in [1.29, 1.82) is 0 Å². The van der Waals surface area contributed by atoms with E-state index in [1.807, 2.05) is 24.5 Å². The van der Waals surface area contributed by atoms with Crippen LogP contribution in [0, 0.1) is 6.92 Å². The Kier molecular flexibility index (Phi) is 3.06. The monoisotopic (exact) mass is 215 g/mol. The van der Waals surface area contributed by atoms with Gasteiger partial charge < -0.3 is 9.72 Å². The van der Waals surface area contributed by atoms with Gasteiger partial charge >= 0.3 is 0 Å². The number of aromatic nitrogens is 2. The molecule has 0 amide bonds. The molecule has 16 heavy (non-hydrogen) atoms. The first-order valence-electron chi connectivity index (χ1n) is 5.50. The van der Waals surface area contributed by atoms with E-state index in [2.05, 4.69) is 41.2 Å². The summed E-state index contributed by atoms with van der Waals surface area (Å²) in [7, 11) is 0. The zero-order valence-corrected chi connectivity index (χ0v) is 9.77. The standard InChI is InChI=1S/C13H17N3/c1-4-11(3)14-8-12-9-15-13-10(2)6-5-7-16(12)13/h4-7,9,11,14H,1,8H2,2-3H3. The Hall–Kier alpha value is -1.61. The molecule has 2 rings (SSSR count). The molecule has 0 fully saturated rings. The summed E-state index contributed by atoms with van der Waals surface area (Å²) in [5.41, 5.74) is 3.41. The van der Waals surface area contributed by atoms with Crippen molar-refractivity contribution < 1.29 is 0 Å². The molecule has 0 bridgehead atoms. The molecular formula is C13H17N3. The maximum Gasteiger partial charge on any atom is 0.139 e. The summed E-state index contributed by atoms with van der Waals surface area (Å²) in [6, 6.07) is 4.44. The third-order valence-electron chi connectivity index (χ3n) is 2.77. The fraction of sp³-hybridized carbons (Fsp3) is 0.308. The smallest absolute Gasteiger partial charge is 0.139 e. The maximum atomic E-state index is 4.42. The summed E-state index contributed by atoms with van der Waals surface area (Å²) in [5, 5.41) is 3.37. The van der Waals surface area contributed by atoms with Gasteiger partial charge in [-0.15, -0.1) is 6.58 Å². The van der Waals surface area contributed by atoms with E-state index in [1.54, 1.807) is 0 Å². The third kappa shape index (κ3) is 1.99. The van der Waals surface area contributed by atoms with Crippen LogP contribution in [-0.2, 0) is 6.54 Å². The molecule has 0 aliphatic rings. The van der Waals surface area contributed by atoms with Crippen LogP contribution in [0.1, 0.15) is 18.2 Å². The normalized spacial score (nSPS) is 12.9. The molecule has 0 radical (unpaired) electrons. The van der Waals surface area contributed by atoms with Crippen molar-refractivity contribution in [2.24, 2.45) is 0 Å². The molecule has 0 spiro atoms. The number of fused-ring (bicyclic) bond motifs is 1. The van der Waals surface area contributed by atoms with E-state index in [4.69, 9.17) is 0 Å². The van der Waals surface area contributed by atoms with Gasteiger partial charge in [-0.1, -0.05) is 12.1 Å². The van der Waals surface area contributed by atoms with Gasteiger partial charge in [-0.25, -0.2) is 4.98 Å². The van der Waals surface area contributed by atoms with Crippen molar-refractivity contribution in [2.75, 3.05) is 0 Å². The molecular weight excluding hydrogens is 198 g/mol. The van der Waals surface area contributed by atoms with Crippen molar-refractivity contribution in [1.82, 2.24) is 14.7 Å². The van der Waals surface area contributed by atoms with Gasteiger partial charge in [0.1, 0.15) is 5.65 Å². The fourth-order valence-corrected chi connectivity index (χ4v) is 1.68. The van der Waals surface area contributed by atoms with E-state index in [-0.39, 0.29) is 0 Å². The van der Waals surface area contributed by atoms with Crippen LogP contribution in [0.4, 0.5) is 0 Å². The predicted molar refractivity (Wildman–Crippen MR) is 66.4 cm³/mol. The van der Waals surface area contributed by atoms with E-state index in [0.29, 0.717) is 6.04 Å². The average molecular weight is 215 g/mol. The Morgan fingerprint density at radius 1 is 1.62 bits per heavy atom. The molecule has 1 atom stereocenters. The molecule has 2 heterocycles. The van der Waals surface area contributed by atoms with Gasteiger partial charge in [-0.2, -0.15) is 0 Å². The fourth-order valence-electron chi connectivity index (χ4n) is 1.68. The van der Waals surface area contributed by atoms with Gasteiger partial charge in [-0.05, 0) is 25.5 Å². The summed E-state index contributed by atoms with van der Waals surface area (Å²) >= 11 is 0. The number of rotatable bonds is 4. The molecule has 2 aromatic heterocycles. The minimum absolute atomic E-state index is 0.315. The van der Waals surface area contributed by atoms with E-state index >= 15 is 0 Å². The van der Waals surface area contributed by atoms with Crippen molar-refractivity contribution in [3.05, 3.63) is 48.4 Å². The van der Waals surface area contributed by atoms with Crippen LogP contribution in [0.3, 0.4) is 0 Å². The van der Waals surface area contributed by atoms with Crippen LogP contribution in [0.25, 0.3) is 5.65 Å². The molecule has 0 aromatic carbocycles. The van der Waals surface area contributed by atoms with Gasteiger partial charge in [0.2, 0.25) is 0 Å². The predicted octanol–water partition coefficient (Wildman–Crippen LogP) is 2.31. The maximum absolute atomic E-state index is 4.42. The summed E-state index contributed by atoms with van der Waals surface area (Å²) in [6.45, 7) is 8.72. The van der Waals surface area contributed by atoms with Crippen LogP contribution >= 0.6 is 0 Å². The number of pyridine rings is 1. The van der Waals surface area contributed by atoms with Crippen LogP contribution in [0.5, 0.6) is 0 Å². The molecule has 84 valence electrons. The van der Waals surface area contributed by atoms with Gasteiger partial charge in [0.05, 0.1) is 11.9 Å². The largest absolute Gasteiger partial charge is 0.305 e. The number of hydrogen-bond donors (Lipinski definition) is 1. The molecule has 1 unspecified atom stereocenters. The first-order chi connectivity index (χ1) is 7.72. The van der Waals surface area contributed by atoms with Crippen molar-refractivity contribution >= 4 is 5.65 Å². The highest BCUT2D eigenvalue weighted by Gasteiger charge is 2.05. The minimum Gasteiger partial charge on any atom is -0.305 e. The zero-order chi connectivity index (χ0) is 11.5. The second kappa shape index (κ2) is 4.49. The molecule has 3 nitrogen and oxygen atoms in total. The number of nitrogens with one attached hydrogen (secondary N) is 1. The highest BCUT2D eigenvalue weighted by atomic mass is 15.0. The first-order valence-corrected chi connectivity index (χ1v) is 5.50. The number of aryl methyl sites for hydroxylation is 1. The van der Waals surface area contributed by atoms with Gasteiger partial charge in [0.15, 0.2) is 0 Å². The molecule has 0 saturated carbocycles. The molecule has 0 aliphatic heterocycles. The quantitative estimate of drug-likeness (QED) is 0.793. The number of nitrogens with zero attached hydrogens (tertiary/aromatic N) is 2. The Balaban J connectivity index is 2.25. The lowest BCUT2D eigenvalue weighted by Crippen LogP contribution is -2.23. The van der Waals surface area contributed by atoms with Crippen LogP contribution in [0.2, 0.25) is 0 Å². The minimum atomic E-state index is 0.315. The van der Waals surface area contributed by atoms with Crippen LogP contribution in [-0.4, -0.2) is 15.4 Å². The number of hydrogen-bond acceptors (Lipinski definition) is 2. The lowest BCUT2D eigenvalue weighted by atomic mass is 10.3. The number of imidazole rings is 1. The average Bonchev–Trinajstić information content (AvgIpc) is 2.70. The van der Waals surface area contributed by atoms with E-state index in [0.717, 1.165) is 12.2 Å². The second-order valence-corrected chi connectivity index (χ2v) is 4.04. The van der Waals surface area contributed by atoms with Gasteiger partial charge in [0.25, 0.3) is 0 Å². The lowest BCUT2D eigenvalue weighted by molar-refractivity contribution is 0.622. The topological polar surface area (TPSA) is 29.3 Å². The van der Waals surface area contributed by atoms with Crippen molar-refractivity contribution in [3.8, 4) is 0 Å². The first kappa shape index (κ1) is 10.9. The molecule has 2 aromatic rings. The summed E-state index contributed by atoms with van der Waals surface area (Å²) in [4.78, 5) is 4.42. The molecule has 0 aliphatic carbocycles. The van der Waals surface area contributed by atoms with Crippen LogP contribution < -0.4 is 5.32 Å². The zero-order valence-electron chi connectivity index (χ0n) is 9.77. The van der Waals surface area contributed by atoms with E-state index in [9.17, 15) is 0 Å². The van der Waals surface area contributed by atoms with E-state index in [1.165, 1.54) is 11.3 Å². The Labute approximate surface area is 95.8 Å². The van der Waals surface area contributed by atoms with Crippen molar-refractivity contribution in [3.63, 3.8) is 0 Å². The molecule has 3 heteroatoms. The highest BCUT2D eigenvalue weighted by molar-refractivity contribution is 5.48. The molecule has 0 saturated heterocycles. The van der Waals surface area contributed by atoms with E-state index < -0.39 is 0 Å². The summed E-state index contributed by atoms with van der Waals surface area (Å²) in [6.07, 6.45) is 5.87. The Morgan fingerprint density at radius 2 is 2.44 bits per heavy atom. The third-order valence-corrected chi connectivity index (χ3v) is 2.77. The summed E-state index contributed by atoms with van der Waals surface area (Å²) in [5.74, 6) is 0. The van der Waals surface area contributed by atoms with Gasteiger partial charge in [-0.3, -0.25) is 0 Å². The lowest BCUT2D eigenvalue weighted by Gasteiger charge is -2.08.